The first-order valence-corrected chi connectivity index (χ1v) is 10.6. The maximum atomic E-state index is 12.3. The number of rotatable bonds is 4. The highest BCUT2D eigenvalue weighted by atomic mass is 79.9. The summed E-state index contributed by atoms with van der Waals surface area (Å²) in [5.74, 6) is 0. The van der Waals surface area contributed by atoms with E-state index in [0.717, 1.165) is 46.7 Å². The number of nitrogens with zero attached hydrogens (tertiary/aromatic N) is 2. The first-order chi connectivity index (χ1) is 11.6. The predicted octanol–water partition coefficient (Wildman–Crippen LogP) is 3.37. The lowest BCUT2D eigenvalue weighted by Crippen LogP contribution is -2.43. The quantitative estimate of drug-likeness (QED) is 0.840. The van der Waals surface area contributed by atoms with Crippen molar-refractivity contribution in [1.82, 2.24) is 9.29 Å². The number of nitrogens with one attached hydrogen (secondary N) is 1. The second kappa shape index (κ2) is 6.28. The largest absolute Gasteiger partial charge is 0.382 e. The average Bonchev–Trinajstić information content (AvgIpc) is 3.42. The number of hydrogen-bond donors (Lipinski definition) is 1. The molecule has 1 aromatic carbocycles. The summed E-state index contributed by atoms with van der Waals surface area (Å²) in [6.45, 7) is 1.23. The van der Waals surface area contributed by atoms with Crippen LogP contribution in [0.4, 0.5) is 5.69 Å². The van der Waals surface area contributed by atoms with Crippen molar-refractivity contribution in [3.8, 4) is 0 Å². The fourth-order valence-electron chi connectivity index (χ4n) is 3.32. The van der Waals surface area contributed by atoms with Gasteiger partial charge in [0.2, 0.25) is 10.0 Å². The number of anilines is 1. The maximum absolute atomic E-state index is 12.3. The smallest absolute Gasteiger partial charge is 0.216 e. The molecule has 7 heteroatoms. The molecule has 1 aromatic heterocycles. The summed E-state index contributed by atoms with van der Waals surface area (Å²) in [7, 11) is -3.04. The van der Waals surface area contributed by atoms with Crippen LogP contribution < -0.4 is 5.32 Å². The number of aromatic nitrogens is 1. The molecule has 2 fully saturated rings. The van der Waals surface area contributed by atoms with Gasteiger partial charge < -0.3 is 5.32 Å². The Balaban J connectivity index is 1.47. The molecule has 4 rings (SSSR count). The van der Waals surface area contributed by atoms with Crippen LogP contribution in [0, 0.1) is 0 Å². The van der Waals surface area contributed by atoms with E-state index in [-0.39, 0.29) is 5.25 Å². The molecule has 1 aliphatic carbocycles. The van der Waals surface area contributed by atoms with E-state index in [2.05, 4.69) is 32.3 Å². The molecule has 128 valence electrons. The second-order valence-electron chi connectivity index (χ2n) is 6.56. The number of halogens is 1. The molecule has 0 amide bonds. The van der Waals surface area contributed by atoms with E-state index in [1.54, 1.807) is 4.31 Å². The van der Waals surface area contributed by atoms with Gasteiger partial charge in [-0.15, -0.1) is 0 Å². The summed E-state index contributed by atoms with van der Waals surface area (Å²) in [6, 6.07) is 8.33. The molecule has 0 bridgehead atoms. The van der Waals surface area contributed by atoms with Gasteiger partial charge in [-0.1, -0.05) is 12.1 Å². The summed E-state index contributed by atoms with van der Waals surface area (Å²) in [4.78, 5) is 4.43. The van der Waals surface area contributed by atoms with Crippen LogP contribution in [-0.2, 0) is 10.0 Å². The molecule has 0 radical (unpaired) electrons. The molecular formula is C17H20BrN3O2S. The lowest BCUT2D eigenvalue weighted by Gasteiger charge is -2.32. The van der Waals surface area contributed by atoms with E-state index in [0.29, 0.717) is 19.1 Å². The van der Waals surface area contributed by atoms with Gasteiger partial charge in [0.25, 0.3) is 0 Å². The Labute approximate surface area is 150 Å². The lowest BCUT2D eigenvalue weighted by atomic mass is 10.1. The van der Waals surface area contributed by atoms with Crippen LogP contribution in [-0.4, -0.2) is 42.1 Å². The van der Waals surface area contributed by atoms with E-state index in [9.17, 15) is 8.42 Å². The number of fused-ring (bicyclic) bond motifs is 1. The molecule has 0 unspecified atom stereocenters. The Kier molecular flexibility index (Phi) is 4.26. The Bertz CT molecular complexity index is 859. The van der Waals surface area contributed by atoms with Gasteiger partial charge in [0.1, 0.15) is 0 Å². The van der Waals surface area contributed by atoms with Gasteiger partial charge in [0, 0.05) is 40.9 Å². The summed E-state index contributed by atoms with van der Waals surface area (Å²) in [6.07, 6.45) is 5.15. The minimum absolute atomic E-state index is 0.108. The van der Waals surface area contributed by atoms with Crippen LogP contribution in [0.1, 0.15) is 25.7 Å². The molecule has 24 heavy (non-hydrogen) atoms. The topological polar surface area (TPSA) is 62.3 Å². The molecule has 2 aliphatic rings. The Morgan fingerprint density at radius 2 is 1.88 bits per heavy atom. The SMILES string of the molecule is O=S(=O)(C1CC1)N1CCC(Nc2ccnc3c(Br)cccc23)CC1. The summed E-state index contributed by atoms with van der Waals surface area (Å²) >= 11 is 3.54. The number of benzene rings is 1. The molecule has 1 saturated heterocycles. The van der Waals surface area contributed by atoms with Crippen molar-refractivity contribution in [3.63, 3.8) is 0 Å². The standard InChI is InChI=1S/C17H20BrN3O2S/c18-15-3-1-2-14-16(6-9-19-17(14)15)20-12-7-10-21(11-8-12)24(22,23)13-4-5-13/h1-3,6,9,12-13H,4-5,7-8,10-11H2,(H,19,20). The van der Waals surface area contributed by atoms with Gasteiger partial charge in [0.15, 0.2) is 0 Å². The van der Waals surface area contributed by atoms with Gasteiger partial charge >= 0.3 is 0 Å². The van der Waals surface area contributed by atoms with Crippen molar-refractivity contribution in [2.75, 3.05) is 18.4 Å². The van der Waals surface area contributed by atoms with Crippen molar-refractivity contribution in [2.45, 2.75) is 37.0 Å². The summed E-state index contributed by atoms with van der Waals surface area (Å²) in [5.41, 5.74) is 2.00. The Morgan fingerprint density at radius 3 is 2.58 bits per heavy atom. The van der Waals surface area contributed by atoms with E-state index in [1.807, 2.05) is 24.4 Å². The molecule has 0 spiro atoms. The molecule has 0 atom stereocenters. The third-order valence-corrected chi connectivity index (χ3v) is 7.88. The second-order valence-corrected chi connectivity index (χ2v) is 9.62. The minimum atomic E-state index is -3.04. The van der Waals surface area contributed by atoms with Crippen LogP contribution in [0.5, 0.6) is 0 Å². The van der Waals surface area contributed by atoms with Crippen LogP contribution >= 0.6 is 15.9 Å². The average molecular weight is 410 g/mol. The lowest BCUT2D eigenvalue weighted by molar-refractivity contribution is 0.329. The summed E-state index contributed by atoms with van der Waals surface area (Å²) in [5, 5.41) is 4.56. The van der Waals surface area contributed by atoms with E-state index in [4.69, 9.17) is 0 Å². The van der Waals surface area contributed by atoms with E-state index >= 15 is 0 Å². The van der Waals surface area contributed by atoms with Crippen molar-refractivity contribution in [3.05, 3.63) is 34.9 Å². The van der Waals surface area contributed by atoms with Crippen molar-refractivity contribution in [2.24, 2.45) is 0 Å². The number of piperidine rings is 1. The number of para-hydroxylation sites is 1. The minimum Gasteiger partial charge on any atom is -0.382 e. The van der Waals surface area contributed by atoms with Gasteiger partial charge in [0.05, 0.1) is 10.8 Å². The van der Waals surface area contributed by atoms with Gasteiger partial charge in [-0.25, -0.2) is 12.7 Å². The first-order valence-electron chi connectivity index (χ1n) is 8.34. The zero-order chi connectivity index (χ0) is 16.7. The van der Waals surface area contributed by atoms with Crippen LogP contribution in [0.25, 0.3) is 10.9 Å². The number of sulfonamides is 1. The van der Waals surface area contributed by atoms with Gasteiger partial charge in [-0.3, -0.25) is 4.98 Å². The van der Waals surface area contributed by atoms with Gasteiger partial charge in [-0.05, 0) is 53.7 Å². The van der Waals surface area contributed by atoms with Crippen LogP contribution in [0.2, 0.25) is 0 Å². The van der Waals surface area contributed by atoms with Crippen molar-refractivity contribution >= 4 is 42.5 Å². The number of hydrogen-bond acceptors (Lipinski definition) is 4. The molecule has 1 aliphatic heterocycles. The summed E-state index contributed by atoms with van der Waals surface area (Å²) < 4.78 is 27.3. The maximum Gasteiger partial charge on any atom is 0.216 e. The predicted molar refractivity (Wildman–Crippen MR) is 99.6 cm³/mol. The molecule has 2 aromatic rings. The molecule has 1 N–H and O–H groups in total. The fourth-order valence-corrected chi connectivity index (χ4v) is 5.66. The van der Waals surface area contributed by atoms with Crippen LogP contribution in [0.3, 0.4) is 0 Å². The van der Waals surface area contributed by atoms with Crippen molar-refractivity contribution < 1.29 is 8.42 Å². The highest BCUT2D eigenvalue weighted by molar-refractivity contribution is 9.10. The monoisotopic (exact) mass is 409 g/mol. The van der Waals surface area contributed by atoms with Crippen molar-refractivity contribution in [1.29, 1.82) is 0 Å². The van der Waals surface area contributed by atoms with E-state index in [1.165, 1.54) is 0 Å². The third-order valence-electron chi connectivity index (χ3n) is 4.84. The number of pyridine rings is 1. The van der Waals surface area contributed by atoms with Gasteiger partial charge in [-0.2, -0.15) is 0 Å². The zero-order valence-corrected chi connectivity index (χ0v) is 15.7. The highest BCUT2D eigenvalue weighted by Gasteiger charge is 2.41. The normalized spacial score (nSPS) is 20.4. The Morgan fingerprint density at radius 1 is 1.12 bits per heavy atom. The Hall–Kier alpha value is -1.18. The first kappa shape index (κ1) is 16.3. The van der Waals surface area contributed by atoms with E-state index < -0.39 is 10.0 Å². The zero-order valence-electron chi connectivity index (χ0n) is 13.3. The molecular weight excluding hydrogens is 390 g/mol. The van der Waals surface area contributed by atoms with Crippen LogP contribution in [0.15, 0.2) is 34.9 Å². The fraction of sp³-hybridized carbons (Fsp3) is 0.471. The molecule has 2 heterocycles. The third kappa shape index (κ3) is 3.05. The highest BCUT2D eigenvalue weighted by Crippen LogP contribution is 2.33. The molecule has 5 nitrogen and oxygen atoms in total. The molecule has 1 saturated carbocycles.